The van der Waals surface area contributed by atoms with E-state index >= 15 is 0 Å². The molecule has 0 saturated carbocycles. The maximum absolute atomic E-state index is 12.3. The molecule has 0 fully saturated rings. The van der Waals surface area contributed by atoms with Crippen LogP contribution in [0.2, 0.25) is 0 Å². The van der Waals surface area contributed by atoms with Crippen LogP contribution in [0, 0.1) is 5.41 Å². The highest BCUT2D eigenvalue weighted by Crippen LogP contribution is 2.17. The Balaban J connectivity index is 2.67. The van der Waals surface area contributed by atoms with Gasteiger partial charge in [-0.1, -0.05) is 20.8 Å². The fraction of sp³-hybridized carbons (Fsp3) is 0.714. The average molecular weight is 318 g/mol. The molecule has 0 aromatic carbocycles. The molecule has 0 bridgehead atoms. The molecule has 1 rings (SSSR count). The van der Waals surface area contributed by atoms with Crippen molar-refractivity contribution in [3.8, 4) is 0 Å². The Bertz CT molecular complexity index is 472. The van der Waals surface area contributed by atoms with Gasteiger partial charge in [0.15, 0.2) is 0 Å². The van der Waals surface area contributed by atoms with Crippen LogP contribution in [0.3, 0.4) is 0 Å². The van der Waals surface area contributed by atoms with Gasteiger partial charge in [0.1, 0.15) is 6.54 Å². The van der Waals surface area contributed by atoms with Gasteiger partial charge in [0.2, 0.25) is 0 Å². The van der Waals surface area contributed by atoms with E-state index in [0.29, 0.717) is 25.2 Å². The minimum atomic E-state index is -2.50. The predicted molar refractivity (Wildman–Crippen MR) is 80.0 cm³/mol. The van der Waals surface area contributed by atoms with Gasteiger partial charge in [-0.25, -0.2) is 13.6 Å². The first kappa shape index (κ1) is 18.3. The van der Waals surface area contributed by atoms with Crippen LogP contribution in [-0.4, -0.2) is 51.9 Å². The molecule has 0 spiro atoms. The Kier molecular flexibility index (Phi) is 6.73. The van der Waals surface area contributed by atoms with Crippen molar-refractivity contribution < 1.29 is 18.7 Å². The number of aliphatic hydroxyl groups is 1. The van der Waals surface area contributed by atoms with Crippen LogP contribution in [0.1, 0.15) is 27.2 Å². The number of urea groups is 1. The van der Waals surface area contributed by atoms with Crippen LogP contribution in [0.4, 0.5) is 19.3 Å². The van der Waals surface area contributed by atoms with Crippen molar-refractivity contribution in [1.29, 1.82) is 0 Å². The number of alkyl halides is 2. The lowest BCUT2D eigenvalue weighted by atomic mass is 9.96. The molecule has 0 aliphatic carbocycles. The quantitative estimate of drug-likeness (QED) is 0.811. The molecule has 0 aliphatic rings. The zero-order chi connectivity index (χ0) is 16.8. The van der Waals surface area contributed by atoms with E-state index in [9.17, 15) is 13.6 Å². The maximum Gasteiger partial charge on any atom is 0.321 e. The van der Waals surface area contributed by atoms with Gasteiger partial charge in [-0.15, -0.1) is 0 Å². The summed E-state index contributed by atoms with van der Waals surface area (Å²) >= 11 is 0. The summed E-state index contributed by atoms with van der Waals surface area (Å²) in [6.07, 6.45) is 0.687. The molecule has 1 heterocycles. The number of nitrogens with zero attached hydrogens (tertiary/aromatic N) is 3. The summed E-state index contributed by atoms with van der Waals surface area (Å²) < 4.78 is 25.6. The highest BCUT2D eigenvalue weighted by molar-refractivity contribution is 5.89. The normalized spacial score (nSPS) is 11.8. The second-order valence-corrected chi connectivity index (χ2v) is 6.33. The molecule has 2 amide bonds. The van der Waals surface area contributed by atoms with Crippen molar-refractivity contribution in [1.82, 2.24) is 14.7 Å². The number of aromatic nitrogens is 2. The van der Waals surface area contributed by atoms with Crippen LogP contribution in [-0.2, 0) is 6.54 Å². The van der Waals surface area contributed by atoms with Gasteiger partial charge in [0.25, 0.3) is 6.43 Å². The number of aliphatic hydroxyl groups excluding tert-OH is 1. The molecule has 6 nitrogen and oxygen atoms in total. The predicted octanol–water partition coefficient (Wildman–Crippen LogP) is 2.41. The average Bonchev–Trinajstić information content (AvgIpc) is 2.79. The van der Waals surface area contributed by atoms with Crippen molar-refractivity contribution >= 4 is 11.7 Å². The van der Waals surface area contributed by atoms with E-state index < -0.39 is 13.0 Å². The van der Waals surface area contributed by atoms with Gasteiger partial charge in [-0.2, -0.15) is 5.10 Å². The summed E-state index contributed by atoms with van der Waals surface area (Å²) in [5.74, 6) is 0. The molecule has 0 saturated heterocycles. The Morgan fingerprint density at radius 1 is 1.50 bits per heavy atom. The molecule has 0 atom stereocenters. The van der Waals surface area contributed by atoms with Gasteiger partial charge in [0, 0.05) is 25.9 Å². The molecular weight excluding hydrogens is 294 g/mol. The minimum Gasteiger partial charge on any atom is -0.396 e. The van der Waals surface area contributed by atoms with Gasteiger partial charge in [-0.3, -0.25) is 4.68 Å². The van der Waals surface area contributed by atoms with Crippen molar-refractivity contribution in [3.63, 3.8) is 0 Å². The number of halogens is 2. The van der Waals surface area contributed by atoms with Crippen molar-refractivity contribution in [2.75, 3.05) is 25.0 Å². The summed E-state index contributed by atoms with van der Waals surface area (Å²) in [4.78, 5) is 13.9. The second kappa shape index (κ2) is 8.07. The largest absolute Gasteiger partial charge is 0.396 e. The van der Waals surface area contributed by atoms with Crippen molar-refractivity contribution in [2.45, 2.75) is 40.2 Å². The smallest absolute Gasteiger partial charge is 0.321 e. The molecule has 1 aromatic rings. The SMILES string of the molecule is CC(C)(C)CN(CCCO)C(=O)Nc1cnn(CC(F)F)c1. The molecule has 2 N–H and O–H groups in total. The maximum atomic E-state index is 12.3. The zero-order valence-corrected chi connectivity index (χ0v) is 13.2. The zero-order valence-electron chi connectivity index (χ0n) is 13.2. The topological polar surface area (TPSA) is 70.4 Å². The van der Waals surface area contributed by atoms with Gasteiger partial charge < -0.3 is 15.3 Å². The van der Waals surface area contributed by atoms with Gasteiger partial charge in [-0.05, 0) is 11.8 Å². The molecule has 0 unspecified atom stereocenters. The standard InChI is InChI=1S/C14H24F2N4O2/c1-14(2,3)10-19(5-4-6-21)13(22)18-11-7-17-20(8-11)9-12(15)16/h7-8,12,21H,4-6,9-10H2,1-3H3,(H,18,22). The summed E-state index contributed by atoms with van der Waals surface area (Å²) in [6, 6.07) is -0.333. The number of nitrogens with one attached hydrogen (secondary N) is 1. The van der Waals surface area contributed by atoms with E-state index in [1.807, 2.05) is 20.8 Å². The molecule has 126 valence electrons. The number of amides is 2. The van der Waals surface area contributed by atoms with Crippen LogP contribution in [0.25, 0.3) is 0 Å². The third-order valence-electron chi connectivity index (χ3n) is 2.75. The Labute approximate surface area is 129 Å². The van der Waals surface area contributed by atoms with E-state index in [0.717, 1.165) is 4.68 Å². The second-order valence-electron chi connectivity index (χ2n) is 6.33. The monoisotopic (exact) mass is 318 g/mol. The van der Waals surface area contributed by atoms with Gasteiger partial charge >= 0.3 is 6.03 Å². The Morgan fingerprint density at radius 3 is 2.73 bits per heavy atom. The van der Waals surface area contributed by atoms with Crippen molar-refractivity contribution in [3.05, 3.63) is 12.4 Å². The van der Waals surface area contributed by atoms with E-state index in [1.54, 1.807) is 4.90 Å². The van der Waals surface area contributed by atoms with Crippen LogP contribution >= 0.6 is 0 Å². The minimum absolute atomic E-state index is 0.000242. The summed E-state index contributed by atoms with van der Waals surface area (Å²) in [5, 5.41) is 15.3. The number of hydrogen-bond acceptors (Lipinski definition) is 3. The summed E-state index contributed by atoms with van der Waals surface area (Å²) in [5.41, 5.74) is 0.278. The number of rotatable bonds is 7. The van der Waals surface area contributed by atoms with Crippen LogP contribution < -0.4 is 5.32 Å². The molecule has 8 heteroatoms. The van der Waals surface area contributed by atoms with Gasteiger partial charge in [0.05, 0.1) is 11.9 Å². The lowest BCUT2D eigenvalue weighted by molar-refractivity contribution is 0.122. The number of hydrogen-bond donors (Lipinski definition) is 2. The molecule has 0 aliphatic heterocycles. The number of anilines is 1. The van der Waals surface area contributed by atoms with E-state index in [-0.39, 0.29) is 18.1 Å². The molecule has 0 radical (unpaired) electrons. The molecular formula is C14H24F2N4O2. The van der Waals surface area contributed by atoms with Crippen LogP contribution in [0.5, 0.6) is 0 Å². The van der Waals surface area contributed by atoms with Crippen molar-refractivity contribution in [2.24, 2.45) is 5.41 Å². The third-order valence-corrected chi connectivity index (χ3v) is 2.75. The summed E-state index contributed by atoms with van der Waals surface area (Å²) in [6.45, 7) is 6.45. The third kappa shape index (κ3) is 6.84. The molecule has 22 heavy (non-hydrogen) atoms. The van der Waals surface area contributed by atoms with E-state index in [4.69, 9.17) is 5.11 Å². The molecule has 1 aromatic heterocycles. The highest BCUT2D eigenvalue weighted by Gasteiger charge is 2.21. The first-order valence-corrected chi connectivity index (χ1v) is 7.18. The number of carbonyl (C=O) groups is 1. The first-order chi connectivity index (χ1) is 10.2. The Morgan fingerprint density at radius 2 is 2.18 bits per heavy atom. The van der Waals surface area contributed by atoms with E-state index in [1.165, 1.54) is 12.4 Å². The van der Waals surface area contributed by atoms with E-state index in [2.05, 4.69) is 10.4 Å². The Hall–Kier alpha value is -1.70. The summed E-state index contributed by atoms with van der Waals surface area (Å²) in [7, 11) is 0. The lowest BCUT2D eigenvalue weighted by Gasteiger charge is -2.29. The fourth-order valence-corrected chi connectivity index (χ4v) is 1.96. The fourth-order valence-electron chi connectivity index (χ4n) is 1.96. The highest BCUT2D eigenvalue weighted by atomic mass is 19.3. The van der Waals surface area contributed by atoms with Crippen LogP contribution in [0.15, 0.2) is 12.4 Å². The number of carbonyl (C=O) groups excluding carboxylic acids is 1. The first-order valence-electron chi connectivity index (χ1n) is 7.18. The lowest BCUT2D eigenvalue weighted by Crippen LogP contribution is -2.41.